The zero-order valence-electron chi connectivity index (χ0n) is 11.5. The lowest BCUT2D eigenvalue weighted by Gasteiger charge is -2.18. The number of hydrogen-bond donors (Lipinski definition) is 1. The Bertz CT molecular complexity index is 589. The third kappa shape index (κ3) is 4.46. The van der Waals surface area contributed by atoms with Crippen molar-refractivity contribution in [2.24, 2.45) is 0 Å². The fourth-order valence-corrected chi connectivity index (χ4v) is 2.84. The molecule has 0 bridgehead atoms. The molecule has 1 N–H and O–H groups in total. The smallest absolute Gasteiger partial charge is 0.306 e. The lowest BCUT2D eigenvalue weighted by atomic mass is 10.2. The zero-order valence-corrected chi connectivity index (χ0v) is 13.9. The third-order valence-corrected chi connectivity index (χ3v) is 5.23. The lowest BCUT2D eigenvalue weighted by molar-refractivity contribution is -0.140. The second-order valence-electron chi connectivity index (χ2n) is 4.19. The summed E-state index contributed by atoms with van der Waals surface area (Å²) in [6.45, 7) is 1.91. The van der Waals surface area contributed by atoms with E-state index in [0.29, 0.717) is 10.2 Å². The summed E-state index contributed by atoms with van der Waals surface area (Å²) in [4.78, 5) is 11.0. The van der Waals surface area contributed by atoms with Gasteiger partial charge in [-0.25, -0.2) is 0 Å². The van der Waals surface area contributed by atoms with Crippen molar-refractivity contribution in [3.63, 3.8) is 0 Å². The Morgan fingerprint density at radius 3 is 2.70 bits per heavy atom. The molecule has 0 saturated heterocycles. The first-order chi connectivity index (χ1) is 9.27. The number of anilines is 1. The van der Waals surface area contributed by atoms with E-state index >= 15 is 0 Å². The van der Waals surface area contributed by atoms with Crippen LogP contribution in [0.3, 0.4) is 0 Å². The molecule has 1 aromatic rings. The van der Waals surface area contributed by atoms with Crippen LogP contribution in [0.5, 0.6) is 0 Å². The molecule has 112 valence electrons. The van der Waals surface area contributed by atoms with Crippen molar-refractivity contribution in [2.45, 2.75) is 13.3 Å². The number of aryl methyl sites for hydroxylation is 1. The Morgan fingerprint density at radius 1 is 1.45 bits per heavy atom. The summed E-state index contributed by atoms with van der Waals surface area (Å²) in [7, 11) is -1.05. The van der Waals surface area contributed by atoms with E-state index < -0.39 is 16.2 Å². The van der Waals surface area contributed by atoms with Crippen molar-refractivity contribution in [3.05, 3.63) is 28.2 Å². The van der Waals surface area contributed by atoms with Crippen molar-refractivity contribution in [1.29, 1.82) is 0 Å². The molecule has 0 aliphatic heterocycles. The van der Waals surface area contributed by atoms with E-state index in [1.807, 2.05) is 13.0 Å². The van der Waals surface area contributed by atoms with Crippen molar-refractivity contribution in [1.82, 2.24) is 4.31 Å². The number of hydrogen-bond acceptors (Lipinski definition) is 4. The van der Waals surface area contributed by atoms with Crippen LogP contribution in [0, 0.1) is 6.92 Å². The predicted octanol–water partition coefficient (Wildman–Crippen LogP) is 1.91. The summed E-state index contributed by atoms with van der Waals surface area (Å²) in [5.74, 6) is -0.455. The quantitative estimate of drug-likeness (QED) is 0.782. The number of carbonyl (C=O) groups excluding carboxylic acids is 1. The van der Waals surface area contributed by atoms with Gasteiger partial charge in [0.25, 0.3) is 0 Å². The molecule has 0 heterocycles. The molecule has 0 saturated carbocycles. The molecule has 8 heteroatoms. The van der Waals surface area contributed by atoms with Gasteiger partial charge in [0, 0.05) is 18.1 Å². The first-order valence-corrected chi connectivity index (χ1v) is 8.07. The van der Waals surface area contributed by atoms with E-state index in [1.54, 1.807) is 12.1 Å². The molecule has 1 rings (SSSR count). The first kappa shape index (κ1) is 16.9. The van der Waals surface area contributed by atoms with Gasteiger partial charge in [0.05, 0.1) is 19.2 Å². The molecule has 0 fully saturated rings. The minimum absolute atomic E-state index is 0.00287. The van der Waals surface area contributed by atoms with Gasteiger partial charge in [-0.15, -0.1) is 0 Å². The topological polar surface area (TPSA) is 75.7 Å². The number of esters is 1. The summed E-state index contributed by atoms with van der Waals surface area (Å²) in [6, 6.07) is 5.28. The number of carbonyl (C=O) groups is 1. The van der Waals surface area contributed by atoms with E-state index in [-0.39, 0.29) is 13.0 Å². The lowest BCUT2D eigenvalue weighted by Crippen LogP contribution is -2.34. The molecule has 0 amide bonds. The van der Waals surface area contributed by atoms with Crippen LogP contribution in [0.25, 0.3) is 0 Å². The Hall–Kier alpha value is -1.12. The van der Waals surface area contributed by atoms with E-state index in [9.17, 15) is 13.2 Å². The number of nitrogens with zero attached hydrogens (tertiary/aromatic N) is 1. The predicted molar refractivity (Wildman–Crippen MR) is 80.7 cm³/mol. The summed E-state index contributed by atoms with van der Waals surface area (Å²) in [5.41, 5.74) is 1.37. The Kier molecular flexibility index (Phi) is 5.97. The van der Waals surface area contributed by atoms with E-state index in [0.717, 1.165) is 9.87 Å². The fourth-order valence-electron chi connectivity index (χ4n) is 1.41. The largest absolute Gasteiger partial charge is 0.469 e. The van der Waals surface area contributed by atoms with Crippen molar-refractivity contribution in [3.8, 4) is 0 Å². The summed E-state index contributed by atoms with van der Waals surface area (Å²) in [5, 5.41) is 0. The molecule has 20 heavy (non-hydrogen) atoms. The standard InChI is InChI=1S/C12H17BrN2O4S/c1-9-5-4-6-10(12(9)13)14-20(17,18)15(2)8-7-11(16)19-3/h4-6,14H,7-8H2,1-3H3. The average molecular weight is 365 g/mol. The van der Waals surface area contributed by atoms with Gasteiger partial charge < -0.3 is 4.74 Å². The van der Waals surface area contributed by atoms with Crippen LogP contribution in [0.1, 0.15) is 12.0 Å². The third-order valence-electron chi connectivity index (χ3n) is 2.70. The number of methoxy groups -OCH3 is 1. The van der Waals surface area contributed by atoms with Crippen molar-refractivity contribution >= 4 is 37.8 Å². The Labute approximate surface area is 127 Å². The van der Waals surface area contributed by atoms with Crippen molar-refractivity contribution in [2.75, 3.05) is 25.4 Å². The van der Waals surface area contributed by atoms with Gasteiger partial charge in [-0.05, 0) is 34.5 Å². The van der Waals surface area contributed by atoms with E-state index in [2.05, 4.69) is 25.4 Å². The molecule has 6 nitrogen and oxygen atoms in total. The van der Waals surface area contributed by atoms with Crippen LogP contribution in [0.2, 0.25) is 0 Å². The molecule has 0 spiro atoms. The Morgan fingerprint density at radius 2 is 2.10 bits per heavy atom. The second kappa shape index (κ2) is 7.05. The number of rotatable bonds is 6. The SMILES string of the molecule is COC(=O)CCN(C)S(=O)(=O)Nc1cccc(C)c1Br. The molecule has 0 atom stereocenters. The van der Waals surface area contributed by atoms with E-state index in [1.165, 1.54) is 14.2 Å². The maximum atomic E-state index is 12.1. The second-order valence-corrected chi connectivity index (χ2v) is 6.76. The van der Waals surface area contributed by atoms with Gasteiger partial charge in [-0.3, -0.25) is 9.52 Å². The molecule has 1 aromatic carbocycles. The highest BCUT2D eigenvalue weighted by molar-refractivity contribution is 9.10. The minimum Gasteiger partial charge on any atom is -0.469 e. The first-order valence-electron chi connectivity index (χ1n) is 5.84. The van der Waals surface area contributed by atoms with Crippen LogP contribution in [0.15, 0.2) is 22.7 Å². The van der Waals surface area contributed by atoms with E-state index in [4.69, 9.17) is 0 Å². The van der Waals surface area contributed by atoms with Crippen LogP contribution in [-0.2, 0) is 19.7 Å². The zero-order chi connectivity index (χ0) is 15.3. The highest BCUT2D eigenvalue weighted by atomic mass is 79.9. The van der Waals surface area contributed by atoms with Gasteiger partial charge in [-0.1, -0.05) is 12.1 Å². The molecule has 0 unspecified atom stereocenters. The van der Waals surface area contributed by atoms with Gasteiger partial charge in [0.15, 0.2) is 0 Å². The maximum absolute atomic E-state index is 12.1. The fraction of sp³-hybridized carbons (Fsp3) is 0.417. The van der Waals surface area contributed by atoms with Gasteiger partial charge in [0.1, 0.15) is 0 Å². The number of halogens is 1. The van der Waals surface area contributed by atoms with Crippen LogP contribution in [-0.4, -0.2) is 39.4 Å². The van der Waals surface area contributed by atoms with Gasteiger partial charge in [0.2, 0.25) is 0 Å². The highest BCUT2D eigenvalue weighted by Gasteiger charge is 2.19. The summed E-state index contributed by atoms with van der Waals surface area (Å²) >= 11 is 3.34. The number of nitrogens with one attached hydrogen (secondary N) is 1. The number of benzene rings is 1. The molecular formula is C12H17BrN2O4S. The summed E-state index contributed by atoms with van der Waals surface area (Å²) in [6.07, 6.45) is 0.00287. The van der Waals surface area contributed by atoms with Gasteiger partial charge >= 0.3 is 16.2 Å². The average Bonchev–Trinajstić information content (AvgIpc) is 2.40. The van der Waals surface area contributed by atoms with Crippen LogP contribution in [0.4, 0.5) is 5.69 Å². The molecular weight excluding hydrogens is 348 g/mol. The van der Waals surface area contributed by atoms with Crippen LogP contribution < -0.4 is 4.72 Å². The molecule has 0 aromatic heterocycles. The number of ether oxygens (including phenoxy) is 1. The Balaban J connectivity index is 2.79. The monoisotopic (exact) mass is 364 g/mol. The minimum atomic E-state index is -3.71. The molecule has 0 aliphatic rings. The highest BCUT2D eigenvalue weighted by Crippen LogP contribution is 2.26. The van der Waals surface area contributed by atoms with Crippen LogP contribution >= 0.6 is 15.9 Å². The van der Waals surface area contributed by atoms with Gasteiger partial charge in [-0.2, -0.15) is 12.7 Å². The molecule has 0 radical (unpaired) electrons. The molecule has 0 aliphatic carbocycles. The van der Waals surface area contributed by atoms with Crippen molar-refractivity contribution < 1.29 is 17.9 Å². The normalized spacial score (nSPS) is 11.4. The maximum Gasteiger partial charge on any atom is 0.306 e. The summed E-state index contributed by atoms with van der Waals surface area (Å²) < 4.78 is 32.9.